The van der Waals surface area contributed by atoms with E-state index in [0.29, 0.717) is 19.3 Å². The standard InChI is InChI=1S/C17H16BrClO2/c18-16-4-2-1-3-15(16)17-13(10-20-11-21-17)9-12-5-7-14(19)8-6-12/h1-8,13,17H,9-11H2/t13-,17-/m1/s1. The van der Waals surface area contributed by atoms with Gasteiger partial charge >= 0.3 is 0 Å². The number of benzene rings is 2. The molecule has 2 aromatic rings. The third-order valence-corrected chi connectivity index (χ3v) is 4.69. The number of halogens is 2. The Labute approximate surface area is 138 Å². The molecule has 1 aliphatic rings. The van der Waals surface area contributed by atoms with Gasteiger partial charge in [0.1, 0.15) is 6.79 Å². The summed E-state index contributed by atoms with van der Waals surface area (Å²) in [5.74, 6) is 0.290. The van der Waals surface area contributed by atoms with Crippen molar-refractivity contribution < 1.29 is 9.47 Å². The van der Waals surface area contributed by atoms with Gasteiger partial charge in [0.15, 0.2) is 0 Å². The Balaban J connectivity index is 1.81. The summed E-state index contributed by atoms with van der Waals surface area (Å²) in [6, 6.07) is 16.2. The van der Waals surface area contributed by atoms with E-state index in [1.54, 1.807) is 0 Å². The molecule has 2 nitrogen and oxygen atoms in total. The summed E-state index contributed by atoms with van der Waals surface area (Å²) in [6.45, 7) is 1.05. The minimum absolute atomic E-state index is 0.0463. The molecule has 0 unspecified atom stereocenters. The summed E-state index contributed by atoms with van der Waals surface area (Å²) in [6.07, 6.45) is 0.952. The molecule has 0 amide bonds. The molecule has 4 heteroatoms. The molecular weight excluding hydrogens is 352 g/mol. The molecule has 0 bridgehead atoms. The number of rotatable bonds is 3. The molecule has 21 heavy (non-hydrogen) atoms. The molecule has 0 radical (unpaired) electrons. The van der Waals surface area contributed by atoms with Crippen molar-refractivity contribution >= 4 is 27.5 Å². The van der Waals surface area contributed by atoms with Gasteiger partial charge in [-0.25, -0.2) is 0 Å². The number of hydrogen-bond acceptors (Lipinski definition) is 2. The van der Waals surface area contributed by atoms with Crippen LogP contribution >= 0.6 is 27.5 Å². The minimum atomic E-state index is 0.0463. The summed E-state index contributed by atoms with van der Waals surface area (Å²) in [7, 11) is 0. The molecule has 1 fully saturated rings. The van der Waals surface area contributed by atoms with Crippen LogP contribution in [0, 0.1) is 5.92 Å². The quantitative estimate of drug-likeness (QED) is 0.759. The molecule has 110 valence electrons. The van der Waals surface area contributed by atoms with E-state index >= 15 is 0 Å². The van der Waals surface area contributed by atoms with Gasteiger partial charge in [-0.05, 0) is 35.7 Å². The highest BCUT2D eigenvalue weighted by molar-refractivity contribution is 9.10. The first-order chi connectivity index (χ1) is 10.2. The summed E-state index contributed by atoms with van der Waals surface area (Å²) in [5, 5.41) is 0.761. The monoisotopic (exact) mass is 366 g/mol. The van der Waals surface area contributed by atoms with Crippen molar-refractivity contribution in [3.05, 3.63) is 69.2 Å². The van der Waals surface area contributed by atoms with E-state index in [2.05, 4.69) is 34.1 Å². The number of ether oxygens (including phenoxy) is 2. The van der Waals surface area contributed by atoms with E-state index in [9.17, 15) is 0 Å². The van der Waals surface area contributed by atoms with Crippen LogP contribution in [0.1, 0.15) is 17.2 Å². The van der Waals surface area contributed by atoms with Crippen LogP contribution in [0.3, 0.4) is 0 Å². The van der Waals surface area contributed by atoms with E-state index < -0.39 is 0 Å². The first-order valence-electron chi connectivity index (χ1n) is 6.92. The van der Waals surface area contributed by atoms with Crippen LogP contribution in [0.15, 0.2) is 53.0 Å². The lowest BCUT2D eigenvalue weighted by Crippen LogP contribution is -2.30. The summed E-state index contributed by atoms with van der Waals surface area (Å²) < 4.78 is 12.5. The smallest absolute Gasteiger partial charge is 0.147 e. The SMILES string of the molecule is Clc1ccc(C[C@@H]2COCO[C@H]2c2ccccc2Br)cc1. The highest BCUT2D eigenvalue weighted by Gasteiger charge is 2.29. The molecule has 2 atom stereocenters. The van der Waals surface area contributed by atoms with Gasteiger partial charge in [-0.3, -0.25) is 0 Å². The van der Waals surface area contributed by atoms with E-state index in [1.807, 2.05) is 30.3 Å². The average molecular weight is 368 g/mol. The lowest BCUT2D eigenvalue weighted by atomic mass is 9.90. The Morgan fingerprint density at radius 2 is 1.86 bits per heavy atom. The minimum Gasteiger partial charge on any atom is -0.355 e. The summed E-state index contributed by atoms with van der Waals surface area (Å²) in [5.41, 5.74) is 2.43. The van der Waals surface area contributed by atoms with Gasteiger partial charge in [-0.1, -0.05) is 57.9 Å². The van der Waals surface area contributed by atoms with Crippen molar-refractivity contribution in [3.63, 3.8) is 0 Å². The Morgan fingerprint density at radius 3 is 2.62 bits per heavy atom. The lowest BCUT2D eigenvalue weighted by Gasteiger charge is -2.32. The van der Waals surface area contributed by atoms with Crippen molar-refractivity contribution in [3.8, 4) is 0 Å². The fourth-order valence-corrected chi connectivity index (χ4v) is 3.32. The topological polar surface area (TPSA) is 18.5 Å². The van der Waals surface area contributed by atoms with Crippen molar-refractivity contribution in [1.82, 2.24) is 0 Å². The zero-order valence-electron chi connectivity index (χ0n) is 11.5. The van der Waals surface area contributed by atoms with Crippen LogP contribution in [0.5, 0.6) is 0 Å². The molecule has 0 aromatic heterocycles. The second-order valence-corrected chi connectivity index (χ2v) is 6.48. The van der Waals surface area contributed by atoms with Gasteiger partial charge in [0.2, 0.25) is 0 Å². The third-order valence-electron chi connectivity index (χ3n) is 3.71. The Bertz CT molecular complexity index is 600. The molecule has 1 heterocycles. The Morgan fingerprint density at radius 1 is 1.10 bits per heavy atom. The number of hydrogen-bond donors (Lipinski definition) is 0. The van der Waals surface area contributed by atoms with Gasteiger partial charge in [-0.15, -0.1) is 0 Å². The molecular formula is C17H16BrClO2. The zero-order valence-corrected chi connectivity index (χ0v) is 13.8. The van der Waals surface area contributed by atoms with E-state index in [-0.39, 0.29) is 6.10 Å². The van der Waals surface area contributed by atoms with Crippen LogP contribution in [-0.2, 0) is 15.9 Å². The normalized spacial score (nSPS) is 22.2. The maximum atomic E-state index is 5.94. The largest absolute Gasteiger partial charge is 0.355 e. The first kappa shape index (κ1) is 15.0. The molecule has 3 rings (SSSR count). The van der Waals surface area contributed by atoms with Crippen molar-refractivity contribution in [2.45, 2.75) is 12.5 Å². The Hall–Kier alpha value is -0.870. The second kappa shape index (κ2) is 6.93. The van der Waals surface area contributed by atoms with Gasteiger partial charge in [0.05, 0.1) is 12.7 Å². The predicted molar refractivity (Wildman–Crippen MR) is 87.4 cm³/mol. The van der Waals surface area contributed by atoms with E-state index in [1.165, 1.54) is 11.1 Å². The van der Waals surface area contributed by atoms with Gasteiger partial charge in [0.25, 0.3) is 0 Å². The second-order valence-electron chi connectivity index (χ2n) is 5.19. The maximum absolute atomic E-state index is 5.94. The first-order valence-corrected chi connectivity index (χ1v) is 8.09. The fraction of sp³-hybridized carbons (Fsp3) is 0.294. The Kier molecular flexibility index (Phi) is 4.96. The van der Waals surface area contributed by atoms with Crippen LogP contribution < -0.4 is 0 Å². The summed E-state index contributed by atoms with van der Waals surface area (Å²) in [4.78, 5) is 0. The summed E-state index contributed by atoms with van der Waals surface area (Å²) >= 11 is 9.56. The molecule has 0 N–H and O–H groups in total. The van der Waals surface area contributed by atoms with Crippen molar-refractivity contribution in [2.24, 2.45) is 5.92 Å². The molecule has 0 aliphatic carbocycles. The van der Waals surface area contributed by atoms with Gasteiger partial charge in [0, 0.05) is 15.4 Å². The van der Waals surface area contributed by atoms with Crippen LogP contribution in [0.2, 0.25) is 5.02 Å². The zero-order chi connectivity index (χ0) is 14.7. The lowest BCUT2D eigenvalue weighted by molar-refractivity contribution is -0.172. The van der Waals surface area contributed by atoms with Gasteiger partial charge < -0.3 is 9.47 Å². The highest BCUT2D eigenvalue weighted by Crippen LogP contribution is 2.36. The highest BCUT2D eigenvalue weighted by atomic mass is 79.9. The molecule has 1 saturated heterocycles. The molecule has 1 aliphatic heterocycles. The van der Waals surface area contributed by atoms with Crippen molar-refractivity contribution in [1.29, 1.82) is 0 Å². The van der Waals surface area contributed by atoms with Crippen LogP contribution in [-0.4, -0.2) is 13.4 Å². The van der Waals surface area contributed by atoms with Crippen LogP contribution in [0.4, 0.5) is 0 Å². The molecule has 0 saturated carbocycles. The third kappa shape index (κ3) is 3.67. The van der Waals surface area contributed by atoms with E-state index in [0.717, 1.165) is 15.9 Å². The van der Waals surface area contributed by atoms with E-state index in [4.69, 9.17) is 21.1 Å². The molecule has 0 spiro atoms. The predicted octanol–water partition coefficient (Wildman–Crippen LogP) is 5.01. The van der Waals surface area contributed by atoms with Crippen LogP contribution in [0.25, 0.3) is 0 Å². The molecule has 2 aromatic carbocycles. The fourth-order valence-electron chi connectivity index (χ4n) is 2.68. The maximum Gasteiger partial charge on any atom is 0.147 e. The average Bonchev–Trinajstić information content (AvgIpc) is 2.51. The van der Waals surface area contributed by atoms with Crippen molar-refractivity contribution in [2.75, 3.05) is 13.4 Å². The van der Waals surface area contributed by atoms with Gasteiger partial charge in [-0.2, -0.15) is 0 Å².